The lowest BCUT2D eigenvalue weighted by Crippen LogP contribution is -2.23. The third kappa shape index (κ3) is 2.71. The first-order chi connectivity index (χ1) is 8.74. The maximum absolute atomic E-state index is 11.4. The number of nitrogens with zero attached hydrogens (tertiary/aromatic N) is 1. The van der Waals surface area contributed by atoms with E-state index in [-0.39, 0.29) is 5.91 Å². The Morgan fingerprint density at radius 3 is 2.94 bits per heavy atom. The second-order valence-electron chi connectivity index (χ2n) is 4.31. The van der Waals surface area contributed by atoms with Gasteiger partial charge in [-0.2, -0.15) is 0 Å². The molecular weight excluding hydrogens is 226 g/mol. The highest BCUT2D eigenvalue weighted by Crippen LogP contribution is 2.17. The van der Waals surface area contributed by atoms with Gasteiger partial charge in [-0.05, 0) is 36.1 Å². The van der Waals surface area contributed by atoms with Gasteiger partial charge in [-0.25, -0.2) is 0 Å². The Balaban J connectivity index is 2.12. The van der Waals surface area contributed by atoms with Crippen molar-refractivity contribution in [2.75, 3.05) is 6.54 Å². The number of nitrogens with two attached hydrogens (primary N) is 1. The van der Waals surface area contributed by atoms with Crippen molar-refractivity contribution < 1.29 is 4.79 Å². The second-order valence-corrected chi connectivity index (χ2v) is 4.31. The van der Waals surface area contributed by atoms with Gasteiger partial charge < -0.3 is 15.6 Å². The van der Waals surface area contributed by atoms with Crippen molar-refractivity contribution in [2.45, 2.75) is 26.4 Å². The van der Waals surface area contributed by atoms with E-state index < -0.39 is 0 Å². The minimum absolute atomic E-state index is 0.0953. The summed E-state index contributed by atoms with van der Waals surface area (Å²) >= 11 is 0. The van der Waals surface area contributed by atoms with Crippen LogP contribution in [0.2, 0.25) is 0 Å². The number of amides is 1. The Bertz CT molecular complexity index is 545. The average molecular weight is 245 g/mol. The molecule has 2 aromatic rings. The van der Waals surface area contributed by atoms with Crippen LogP contribution in [0, 0.1) is 0 Å². The van der Waals surface area contributed by atoms with E-state index in [1.165, 1.54) is 5.39 Å². The summed E-state index contributed by atoms with van der Waals surface area (Å²) in [4.78, 5) is 11.4. The molecule has 96 valence electrons. The minimum Gasteiger partial charge on any atom is -0.356 e. The van der Waals surface area contributed by atoms with E-state index in [9.17, 15) is 4.79 Å². The van der Waals surface area contributed by atoms with Crippen LogP contribution in [0.3, 0.4) is 0 Å². The van der Waals surface area contributed by atoms with Crippen molar-refractivity contribution in [1.29, 1.82) is 0 Å². The molecule has 0 aliphatic carbocycles. The summed E-state index contributed by atoms with van der Waals surface area (Å²) in [7, 11) is 0. The van der Waals surface area contributed by atoms with Gasteiger partial charge in [0.2, 0.25) is 5.91 Å². The molecule has 4 heteroatoms. The van der Waals surface area contributed by atoms with Crippen LogP contribution >= 0.6 is 0 Å². The number of benzene rings is 1. The van der Waals surface area contributed by atoms with Crippen molar-refractivity contribution in [2.24, 2.45) is 5.73 Å². The molecule has 4 nitrogen and oxygen atoms in total. The van der Waals surface area contributed by atoms with Crippen LogP contribution in [-0.2, 0) is 17.9 Å². The summed E-state index contributed by atoms with van der Waals surface area (Å²) in [5.41, 5.74) is 7.90. The fourth-order valence-electron chi connectivity index (χ4n) is 2.08. The van der Waals surface area contributed by atoms with E-state index in [2.05, 4.69) is 28.1 Å². The zero-order valence-corrected chi connectivity index (χ0v) is 10.6. The maximum atomic E-state index is 11.4. The van der Waals surface area contributed by atoms with Gasteiger partial charge in [-0.3, -0.25) is 4.79 Å². The summed E-state index contributed by atoms with van der Waals surface area (Å²) in [6, 6.07) is 8.25. The molecule has 1 heterocycles. The SMILES string of the molecule is CCNC(=O)CCn1ccc2cc(CN)ccc21. The molecule has 1 amide bonds. The lowest BCUT2D eigenvalue weighted by Gasteiger charge is -2.06. The fraction of sp³-hybridized carbons (Fsp3) is 0.357. The monoisotopic (exact) mass is 245 g/mol. The summed E-state index contributed by atoms with van der Waals surface area (Å²) in [6.45, 7) is 3.87. The normalized spacial score (nSPS) is 10.8. The Labute approximate surface area is 107 Å². The molecule has 0 saturated heterocycles. The predicted octanol–water partition coefficient (Wildman–Crippen LogP) is 1.63. The summed E-state index contributed by atoms with van der Waals surface area (Å²) in [5.74, 6) is 0.0953. The first-order valence-corrected chi connectivity index (χ1v) is 6.29. The number of rotatable bonds is 5. The van der Waals surface area contributed by atoms with Gasteiger partial charge in [-0.15, -0.1) is 0 Å². The van der Waals surface area contributed by atoms with E-state index in [1.54, 1.807) is 0 Å². The van der Waals surface area contributed by atoms with Gasteiger partial charge in [0.15, 0.2) is 0 Å². The standard InChI is InChI=1S/C14H19N3O/c1-2-16-14(18)6-8-17-7-5-12-9-11(10-15)3-4-13(12)17/h3-5,7,9H,2,6,8,10,15H2,1H3,(H,16,18). The number of nitrogens with one attached hydrogen (secondary N) is 1. The van der Waals surface area contributed by atoms with Crippen LogP contribution in [0.4, 0.5) is 0 Å². The average Bonchev–Trinajstić information content (AvgIpc) is 2.78. The van der Waals surface area contributed by atoms with E-state index in [0.717, 1.165) is 11.1 Å². The van der Waals surface area contributed by atoms with Crippen molar-refractivity contribution in [3.8, 4) is 0 Å². The molecule has 0 spiro atoms. The topological polar surface area (TPSA) is 60.0 Å². The van der Waals surface area contributed by atoms with E-state index in [1.807, 2.05) is 19.2 Å². The molecule has 0 saturated carbocycles. The van der Waals surface area contributed by atoms with Crippen LogP contribution in [0.1, 0.15) is 18.9 Å². The van der Waals surface area contributed by atoms with E-state index in [0.29, 0.717) is 26.1 Å². The lowest BCUT2D eigenvalue weighted by molar-refractivity contribution is -0.121. The number of carbonyl (C=O) groups excluding carboxylic acids is 1. The molecule has 0 fully saturated rings. The van der Waals surface area contributed by atoms with Crippen LogP contribution in [0.5, 0.6) is 0 Å². The number of fused-ring (bicyclic) bond motifs is 1. The Morgan fingerprint density at radius 1 is 1.39 bits per heavy atom. The number of carbonyl (C=O) groups is 1. The Morgan fingerprint density at radius 2 is 2.22 bits per heavy atom. The molecule has 18 heavy (non-hydrogen) atoms. The number of aryl methyl sites for hydroxylation is 1. The van der Waals surface area contributed by atoms with E-state index >= 15 is 0 Å². The summed E-state index contributed by atoms with van der Waals surface area (Å²) in [6.07, 6.45) is 2.53. The van der Waals surface area contributed by atoms with Crippen LogP contribution in [0.25, 0.3) is 10.9 Å². The smallest absolute Gasteiger partial charge is 0.221 e. The number of hydrogen-bond acceptors (Lipinski definition) is 2. The van der Waals surface area contributed by atoms with Crippen LogP contribution < -0.4 is 11.1 Å². The molecule has 1 aromatic heterocycles. The van der Waals surface area contributed by atoms with Gasteiger partial charge in [0.25, 0.3) is 0 Å². The van der Waals surface area contributed by atoms with Gasteiger partial charge in [0.05, 0.1) is 0 Å². The van der Waals surface area contributed by atoms with Crippen molar-refractivity contribution in [1.82, 2.24) is 9.88 Å². The molecule has 0 bridgehead atoms. The largest absolute Gasteiger partial charge is 0.356 e. The van der Waals surface area contributed by atoms with Gasteiger partial charge in [0, 0.05) is 37.8 Å². The van der Waals surface area contributed by atoms with Crippen LogP contribution in [0.15, 0.2) is 30.5 Å². The van der Waals surface area contributed by atoms with Gasteiger partial charge >= 0.3 is 0 Å². The molecule has 0 radical (unpaired) electrons. The third-order valence-electron chi connectivity index (χ3n) is 3.02. The zero-order chi connectivity index (χ0) is 13.0. The fourth-order valence-corrected chi connectivity index (χ4v) is 2.08. The van der Waals surface area contributed by atoms with Gasteiger partial charge in [0.1, 0.15) is 0 Å². The van der Waals surface area contributed by atoms with Crippen molar-refractivity contribution in [3.63, 3.8) is 0 Å². The number of aromatic nitrogens is 1. The quantitative estimate of drug-likeness (QED) is 0.841. The molecule has 1 aromatic carbocycles. The van der Waals surface area contributed by atoms with E-state index in [4.69, 9.17) is 5.73 Å². The predicted molar refractivity (Wildman–Crippen MR) is 73.1 cm³/mol. The zero-order valence-electron chi connectivity index (χ0n) is 10.6. The highest BCUT2D eigenvalue weighted by atomic mass is 16.1. The highest BCUT2D eigenvalue weighted by molar-refractivity contribution is 5.81. The third-order valence-corrected chi connectivity index (χ3v) is 3.02. The summed E-state index contributed by atoms with van der Waals surface area (Å²) in [5, 5.41) is 3.98. The number of hydrogen-bond donors (Lipinski definition) is 2. The maximum Gasteiger partial charge on any atom is 0.221 e. The van der Waals surface area contributed by atoms with Crippen LogP contribution in [-0.4, -0.2) is 17.0 Å². The minimum atomic E-state index is 0.0953. The first-order valence-electron chi connectivity index (χ1n) is 6.29. The Kier molecular flexibility index (Phi) is 3.99. The highest BCUT2D eigenvalue weighted by Gasteiger charge is 2.04. The summed E-state index contributed by atoms with van der Waals surface area (Å²) < 4.78 is 2.10. The molecule has 3 N–H and O–H groups in total. The first kappa shape index (κ1) is 12.6. The second kappa shape index (κ2) is 5.69. The molecule has 0 unspecified atom stereocenters. The molecular formula is C14H19N3O. The van der Waals surface area contributed by atoms with Gasteiger partial charge in [-0.1, -0.05) is 6.07 Å². The lowest BCUT2D eigenvalue weighted by atomic mass is 10.1. The van der Waals surface area contributed by atoms with Crippen molar-refractivity contribution in [3.05, 3.63) is 36.0 Å². The molecule has 0 aliphatic rings. The molecule has 2 rings (SSSR count). The molecule has 0 aliphatic heterocycles. The Hall–Kier alpha value is -1.81. The van der Waals surface area contributed by atoms with Crippen molar-refractivity contribution >= 4 is 16.8 Å². The molecule has 0 atom stereocenters.